The molecule has 15 nitrogen and oxygen atoms in total. The van der Waals surface area contributed by atoms with E-state index in [4.69, 9.17) is 9.47 Å². The molecule has 2 fully saturated rings. The van der Waals surface area contributed by atoms with Gasteiger partial charge >= 0.3 is 12.2 Å². The van der Waals surface area contributed by atoms with Gasteiger partial charge in [0.15, 0.2) is 0 Å². The smallest absolute Gasteiger partial charge is 0.407 e. The number of likely N-dealkylation sites (tertiary alicyclic amines) is 2. The zero-order valence-electron chi connectivity index (χ0n) is 31.2. The number of hydrogen-bond acceptors (Lipinski definition) is 8. The second-order valence-electron chi connectivity index (χ2n) is 14.1. The summed E-state index contributed by atoms with van der Waals surface area (Å²) in [5, 5.41) is 12.2. The highest BCUT2D eigenvalue weighted by atomic mass is 16.5. The number of carboxylic acid groups (broad SMARTS) is 1. The van der Waals surface area contributed by atoms with Crippen molar-refractivity contribution in [2.75, 3.05) is 41.0 Å². The van der Waals surface area contributed by atoms with Crippen LogP contribution in [0.5, 0.6) is 0 Å². The third-order valence-electron chi connectivity index (χ3n) is 10.4. The van der Waals surface area contributed by atoms with Gasteiger partial charge < -0.3 is 39.7 Å². The highest BCUT2D eigenvalue weighted by Crippen LogP contribution is 2.35. The molecule has 4 amide bonds. The van der Waals surface area contributed by atoms with Crippen molar-refractivity contribution in [2.45, 2.75) is 63.7 Å². The van der Waals surface area contributed by atoms with Crippen LogP contribution in [0.3, 0.4) is 0 Å². The lowest BCUT2D eigenvalue weighted by atomic mass is 10.0. The number of nitrogens with zero attached hydrogens (tertiary/aromatic N) is 5. The van der Waals surface area contributed by atoms with E-state index in [0.717, 1.165) is 64.2 Å². The minimum absolute atomic E-state index is 0.0328. The van der Waals surface area contributed by atoms with Gasteiger partial charge in [-0.15, -0.1) is 0 Å². The average molecular weight is 741 g/mol. The van der Waals surface area contributed by atoms with E-state index in [1.165, 1.54) is 21.3 Å². The predicted octanol–water partition coefficient (Wildman–Crippen LogP) is 5.47. The molecule has 0 spiro atoms. The number of aromatic nitrogens is 4. The number of imidazole rings is 2. The van der Waals surface area contributed by atoms with Crippen LogP contribution in [0.15, 0.2) is 60.9 Å². The number of carbonyl (C=O) groups is 4. The first-order valence-electron chi connectivity index (χ1n) is 18.2. The Hall–Kier alpha value is -5.70. The van der Waals surface area contributed by atoms with Gasteiger partial charge in [0.25, 0.3) is 0 Å². The van der Waals surface area contributed by atoms with Crippen molar-refractivity contribution in [1.29, 1.82) is 0 Å². The molecule has 4 atom stereocenters. The van der Waals surface area contributed by atoms with Gasteiger partial charge in [0.2, 0.25) is 11.8 Å². The summed E-state index contributed by atoms with van der Waals surface area (Å²) >= 11 is 0. The third kappa shape index (κ3) is 7.95. The fourth-order valence-electron chi connectivity index (χ4n) is 7.33. The molecule has 1 unspecified atom stereocenters. The molecule has 4 N–H and O–H groups in total. The van der Waals surface area contributed by atoms with Crippen molar-refractivity contribution in [1.82, 2.24) is 40.0 Å². The zero-order valence-corrected chi connectivity index (χ0v) is 31.2. The van der Waals surface area contributed by atoms with Crippen molar-refractivity contribution >= 4 is 24.0 Å². The molecule has 4 heterocycles. The van der Waals surface area contributed by atoms with Gasteiger partial charge in [0.1, 0.15) is 23.7 Å². The quantitative estimate of drug-likeness (QED) is 0.146. The molecule has 0 bridgehead atoms. The van der Waals surface area contributed by atoms with Crippen LogP contribution >= 0.6 is 0 Å². The number of H-pyrrole nitrogens is 2. The maximum atomic E-state index is 13.5. The molecule has 0 saturated carbocycles. The summed E-state index contributed by atoms with van der Waals surface area (Å²) in [7, 11) is 4.11. The molecule has 286 valence electrons. The summed E-state index contributed by atoms with van der Waals surface area (Å²) in [4.78, 5) is 71.1. The lowest BCUT2D eigenvalue weighted by molar-refractivity contribution is -0.139. The van der Waals surface area contributed by atoms with Crippen LogP contribution in [0.25, 0.3) is 33.6 Å². The Labute approximate surface area is 314 Å². The Morgan fingerprint density at radius 1 is 0.815 bits per heavy atom. The highest BCUT2D eigenvalue weighted by Gasteiger charge is 2.39. The molecule has 2 aromatic carbocycles. The maximum absolute atomic E-state index is 13.5. The van der Waals surface area contributed by atoms with E-state index in [-0.39, 0.29) is 36.4 Å². The molecule has 4 aromatic rings. The Kier molecular flexibility index (Phi) is 11.6. The zero-order chi connectivity index (χ0) is 38.5. The molecule has 15 heteroatoms. The molecule has 6 rings (SSSR count). The van der Waals surface area contributed by atoms with Gasteiger partial charge in [-0.3, -0.25) is 14.5 Å². The molecule has 0 aliphatic carbocycles. The van der Waals surface area contributed by atoms with Crippen molar-refractivity contribution < 1.29 is 33.8 Å². The lowest BCUT2D eigenvalue weighted by Crippen LogP contribution is -2.51. The standard InChI is InChI=1S/C39H48N8O7/c1-23(2)33(44-38(50)54-5)37(49)47-19-7-9-31(47)35-41-21-29(43-35)27-16-12-25(13-17-27)24-10-14-26(15-11-24)28-20-40-34(42-28)30-8-6-18-46(30)36(48)32(22-53-4)45(3)39(51)52/h10-17,20-21,23,30-33H,6-9,18-19,22H2,1-5H3,(H,40,42)(H,41,43)(H,44,50)(H,51,52)/t30-,31?,32-,33-/m0/s1. The number of alkyl carbamates (subject to hydrolysis) is 1. The third-order valence-corrected chi connectivity index (χ3v) is 10.4. The monoisotopic (exact) mass is 740 g/mol. The van der Waals surface area contributed by atoms with Gasteiger partial charge in [0.05, 0.1) is 49.6 Å². The van der Waals surface area contributed by atoms with Crippen LogP contribution in [-0.4, -0.2) is 117 Å². The first kappa shape index (κ1) is 38.0. The van der Waals surface area contributed by atoms with E-state index in [9.17, 15) is 24.3 Å². The minimum atomic E-state index is -1.19. The summed E-state index contributed by atoms with van der Waals surface area (Å²) in [5.41, 5.74) is 5.65. The number of benzene rings is 2. The van der Waals surface area contributed by atoms with Crippen LogP contribution < -0.4 is 5.32 Å². The number of ether oxygens (including phenoxy) is 2. The van der Waals surface area contributed by atoms with Crippen molar-refractivity contribution in [2.24, 2.45) is 5.92 Å². The number of nitrogens with one attached hydrogen (secondary N) is 3. The Morgan fingerprint density at radius 2 is 1.28 bits per heavy atom. The maximum Gasteiger partial charge on any atom is 0.407 e. The summed E-state index contributed by atoms with van der Waals surface area (Å²) in [6.07, 6.45) is 4.85. The van der Waals surface area contributed by atoms with E-state index < -0.39 is 24.3 Å². The van der Waals surface area contributed by atoms with Crippen LogP contribution in [0, 0.1) is 5.92 Å². The molecule has 2 saturated heterocycles. The molecule has 0 radical (unpaired) electrons. The normalized spacial score (nSPS) is 18.1. The summed E-state index contributed by atoms with van der Waals surface area (Å²) in [6, 6.07) is 14.2. The van der Waals surface area contributed by atoms with Crippen LogP contribution in [0.4, 0.5) is 9.59 Å². The second kappa shape index (κ2) is 16.5. The SMILES string of the molecule is COC[C@@H](C(=O)N1CCC[C@H]1c1ncc(-c2ccc(-c3ccc(-c4cnc(C5CCCN5C(=O)[C@@H](NC(=O)OC)C(C)C)[nH]4)cc3)cc2)[nH]1)N(C)C(=O)O. The van der Waals surface area contributed by atoms with Crippen molar-refractivity contribution in [3.8, 4) is 33.6 Å². The fourth-order valence-corrected chi connectivity index (χ4v) is 7.33. The van der Waals surface area contributed by atoms with E-state index in [1.54, 1.807) is 22.2 Å². The number of likely N-dealkylation sites (N-methyl/N-ethyl adjacent to an activating group) is 1. The lowest BCUT2D eigenvalue weighted by Gasteiger charge is -2.31. The Bertz CT molecular complexity index is 1940. The minimum Gasteiger partial charge on any atom is -0.465 e. The number of aromatic amines is 2. The van der Waals surface area contributed by atoms with E-state index in [1.807, 2.05) is 50.2 Å². The number of hydrogen-bond donors (Lipinski definition) is 4. The van der Waals surface area contributed by atoms with Gasteiger partial charge in [-0.25, -0.2) is 19.6 Å². The molecular weight excluding hydrogens is 692 g/mol. The summed E-state index contributed by atoms with van der Waals surface area (Å²) in [6.45, 7) is 4.86. The van der Waals surface area contributed by atoms with Crippen molar-refractivity contribution in [3.63, 3.8) is 0 Å². The molecule has 54 heavy (non-hydrogen) atoms. The fraction of sp³-hybridized carbons (Fsp3) is 0.436. The van der Waals surface area contributed by atoms with E-state index in [2.05, 4.69) is 37.4 Å². The van der Waals surface area contributed by atoms with Crippen LogP contribution in [0.1, 0.15) is 63.3 Å². The summed E-state index contributed by atoms with van der Waals surface area (Å²) in [5.74, 6) is 0.817. The van der Waals surface area contributed by atoms with Gasteiger partial charge in [0, 0.05) is 27.2 Å². The number of carbonyl (C=O) groups excluding carboxylic acids is 3. The van der Waals surface area contributed by atoms with Crippen LogP contribution in [-0.2, 0) is 19.1 Å². The summed E-state index contributed by atoms with van der Waals surface area (Å²) < 4.78 is 9.92. The number of amides is 4. The second-order valence-corrected chi connectivity index (χ2v) is 14.1. The number of methoxy groups -OCH3 is 2. The highest BCUT2D eigenvalue weighted by molar-refractivity contribution is 5.87. The van der Waals surface area contributed by atoms with Crippen LogP contribution in [0.2, 0.25) is 0 Å². The topological polar surface area (TPSA) is 186 Å². The molecular formula is C39H48N8O7. The van der Waals surface area contributed by atoms with Gasteiger partial charge in [-0.2, -0.15) is 0 Å². The van der Waals surface area contributed by atoms with Crippen molar-refractivity contribution in [3.05, 3.63) is 72.6 Å². The Balaban J connectivity index is 1.11. The predicted molar refractivity (Wildman–Crippen MR) is 200 cm³/mol. The molecule has 2 aliphatic heterocycles. The largest absolute Gasteiger partial charge is 0.465 e. The first-order chi connectivity index (χ1) is 26.0. The number of rotatable bonds is 12. The molecule has 2 aromatic heterocycles. The van der Waals surface area contributed by atoms with E-state index >= 15 is 0 Å². The Morgan fingerprint density at radius 3 is 1.70 bits per heavy atom. The average Bonchev–Trinajstić information content (AvgIpc) is 4.02. The molecule has 2 aliphatic rings. The van der Waals surface area contributed by atoms with Gasteiger partial charge in [-0.05, 0) is 53.9 Å². The van der Waals surface area contributed by atoms with E-state index in [0.29, 0.717) is 24.7 Å². The first-order valence-corrected chi connectivity index (χ1v) is 18.2. The van der Waals surface area contributed by atoms with Gasteiger partial charge in [-0.1, -0.05) is 62.4 Å².